The number of benzene rings is 1. The van der Waals surface area contributed by atoms with Gasteiger partial charge in [-0.3, -0.25) is 0 Å². The van der Waals surface area contributed by atoms with E-state index in [2.05, 4.69) is 10.2 Å². The van der Waals surface area contributed by atoms with Gasteiger partial charge in [-0.25, -0.2) is 4.39 Å². The summed E-state index contributed by atoms with van der Waals surface area (Å²) in [5.74, 6) is -0.569. The molecule has 112 valence electrons. The number of anilines is 3. The van der Waals surface area contributed by atoms with Gasteiger partial charge in [0.1, 0.15) is 5.02 Å². The first-order valence-corrected chi connectivity index (χ1v) is 7.46. The minimum Gasteiger partial charge on any atom is -0.397 e. The normalized spacial score (nSPS) is 16.9. The number of nitrogens with zero attached hydrogens (tertiary/aromatic N) is 1. The molecule has 0 spiro atoms. The summed E-state index contributed by atoms with van der Waals surface area (Å²) in [5.41, 5.74) is 12.1. The third kappa shape index (κ3) is 3.67. The molecular weight excluding hydrogens is 279 g/mol. The molecule has 1 saturated heterocycles. The van der Waals surface area contributed by atoms with Crippen molar-refractivity contribution in [3.8, 4) is 0 Å². The zero-order chi connectivity index (χ0) is 14.5. The van der Waals surface area contributed by atoms with Gasteiger partial charge in [-0.1, -0.05) is 24.4 Å². The lowest BCUT2D eigenvalue weighted by molar-refractivity contribution is 0.296. The first-order chi connectivity index (χ1) is 9.59. The molecule has 0 unspecified atom stereocenters. The van der Waals surface area contributed by atoms with Crippen LogP contribution in [0.15, 0.2) is 6.07 Å². The predicted octanol–water partition coefficient (Wildman–Crippen LogP) is 2.93. The number of nitrogen functional groups attached to an aromatic ring is 2. The van der Waals surface area contributed by atoms with Crippen LogP contribution in [0.2, 0.25) is 5.02 Å². The van der Waals surface area contributed by atoms with E-state index in [-0.39, 0.29) is 16.4 Å². The molecule has 1 aliphatic heterocycles. The molecule has 0 aliphatic carbocycles. The molecule has 0 aromatic heterocycles. The first kappa shape index (κ1) is 15.2. The minimum absolute atomic E-state index is 0.0727. The number of halogens is 2. The quantitative estimate of drug-likeness (QED) is 0.748. The Kier molecular flexibility index (Phi) is 5.31. The van der Waals surface area contributed by atoms with E-state index in [1.807, 2.05) is 0 Å². The lowest BCUT2D eigenvalue weighted by Gasteiger charge is -2.21. The van der Waals surface area contributed by atoms with E-state index in [0.29, 0.717) is 12.2 Å². The Morgan fingerprint density at radius 3 is 2.45 bits per heavy atom. The molecule has 1 fully saturated rings. The van der Waals surface area contributed by atoms with Gasteiger partial charge in [-0.05, 0) is 32.0 Å². The van der Waals surface area contributed by atoms with Crippen LogP contribution >= 0.6 is 11.6 Å². The van der Waals surface area contributed by atoms with E-state index in [1.54, 1.807) is 0 Å². The lowest BCUT2D eigenvalue weighted by atomic mass is 10.2. The van der Waals surface area contributed by atoms with Gasteiger partial charge >= 0.3 is 0 Å². The summed E-state index contributed by atoms with van der Waals surface area (Å²) < 4.78 is 14.0. The van der Waals surface area contributed by atoms with Crippen LogP contribution in [0.25, 0.3) is 0 Å². The van der Waals surface area contributed by atoms with Crippen molar-refractivity contribution in [3.05, 3.63) is 16.9 Å². The van der Waals surface area contributed by atoms with Crippen molar-refractivity contribution >= 4 is 28.7 Å². The first-order valence-electron chi connectivity index (χ1n) is 7.08. The number of nitrogens with one attached hydrogen (secondary N) is 1. The van der Waals surface area contributed by atoms with Crippen LogP contribution in [0.5, 0.6) is 0 Å². The molecule has 0 amide bonds. The van der Waals surface area contributed by atoms with Gasteiger partial charge in [0.15, 0.2) is 5.82 Å². The Bertz CT molecular complexity index is 459. The molecule has 0 atom stereocenters. The third-order valence-corrected chi connectivity index (χ3v) is 4.08. The van der Waals surface area contributed by atoms with E-state index in [9.17, 15) is 4.39 Å². The van der Waals surface area contributed by atoms with Gasteiger partial charge in [0, 0.05) is 13.1 Å². The van der Waals surface area contributed by atoms with Crippen molar-refractivity contribution in [2.75, 3.05) is 43.0 Å². The number of hydrogen-bond donors (Lipinski definition) is 3. The Balaban J connectivity index is 1.92. The minimum atomic E-state index is -0.569. The van der Waals surface area contributed by atoms with Crippen LogP contribution < -0.4 is 16.8 Å². The second-order valence-electron chi connectivity index (χ2n) is 5.24. The van der Waals surface area contributed by atoms with Crippen molar-refractivity contribution in [2.45, 2.75) is 25.7 Å². The van der Waals surface area contributed by atoms with Crippen LogP contribution in [0.3, 0.4) is 0 Å². The summed E-state index contributed by atoms with van der Waals surface area (Å²) in [5, 5.41) is 2.96. The smallest absolute Gasteiger partial charge is 0.169 e. The molecule has 4 nitrogen and oxygen atoms in total. The molecule has 1 aromatic rings. The molecule has 0 bridgehead atoms. The zero-order valence-electron chi connectivity index (χ0n) is 11.6. The summed E-state index contributed by atoms with van der Waals surface area (Å²) in [6, 6.07) is 1.49. The topological polar surface area (TPSA) is 67.3 Å². The maximum atomic E-state index is 14.0. The van der Waals surface area contributed by atoms with Gasteiger partial charge in [0.05, 0.1) is 17.1 Å². The van der Waals surface area contributed by atoms with Crippen LogP contribution in [-0.2, 0) is 0 Å². The summed E-state index contributed by atoms with van der Waals surface area (Å²) in [4.78, 5) is 2.40. The Morgan fingerprint density at radius 2 is 1.80 bits per heavy atom. The summed E-state index contributed by atoms with van der Waals surface area (Å²) >= 11 is 5.80. The van der Waals surface area contributed by atoms with E-state index in [0.717, 1.165) is 19.6 Å². The lowest BCUT2D eigenvalue weighted by Crippen LogP contribution is -2.30. The maximum absolute atomic E-state index is 14.0. The monoisotopic (exact) mass is 300 g/mol. The third-order valence-electron chi connectivity index (χ3n) is 3.69. The van der Waals surface area contributed by atoms with Gasteiger partial charge in [0.25, 0.3) is 0 Å². The Morgan fingerprint density at radius 1 is 1.15 bits per heavy atom. The molecule has 0 radical (unpaired) electrons. The number of rotatable bonds is 4. The molecule has 5 N–H and O–H groups in total. The van der Waals surface area contributed by atoms with Crippen molar-refractivity contribution in [3.63, 3.8) is 0 Å². The van der Waals surface area contributed by atoms with Crippen LogP contribution in [0.1, 0.15) is 25.7 Å². The van der Waals surface area contributed by atoms with Crippen molar-refractivity contribution in [1.82, 2.24) is 4.90 Å². The summed E-state index contributed by atoms with van der Waals surface area (Å²) in [6.07, 6.45) is 5.09. The highest BCUT2D eigenvalue weighted by Crippen LogP contribution is 2.33. The molecule has 1 aromatic carbocycles. The van der Waals surface area contributed by atoms with Gasteiger partial charge < -0.3 is 21.7 Å². The second kappa shape index (κ2) is 6.99. The van der Waals surface area contributed by atoms with Crippen LogP contribution in [0.4, 0.5) is 21.5 Å². The van der Waals surface area contributed by atoms with Gasteiger partial charge in [0.2, 0.25) is 0 Å². The van der Waals surface area contributed by atoms with Gasteiger partial charge in [-0.15, -0.1) is 0 Å². The highest BCUT2D eigenvalue weighted by Gasteiger charge is 2.14. The van der Waals surface area contributed by atoms with Crippen molar-refractivity contribution in [1.29, 1.82) is 0 Å². The fourth-order valence-electron chi connectivity index (χ4n) is 2.54. The van der Waals surface area contributed by atoms with E-state index in [4.69, 9.17) is 23.1 Å². The average molecular weight is 301 g/mol. The van der Waals surface area contributed by atoms with Crippen molar-refractivity contribution < 1.29 is 4.39 Å². The molecule has 20 heavy (non-hydrogen) atoms. The summed E-state index contributed by atoms with van der Waals surface area (Å²) in [6.45, 7) is 3.74. The molecular formula is C14H22ClFN4. The number of nitrogens with two attached hydrogens (primary N) is 2. The fourth-order valence-corrected chi connectivity index (χ4v) is 2.69. The maximum Gasteiger partial charge on any atom is 0.169 e. The molecule has 2 rings (SSSR count). The SMILES string of the molecule is Nc1cc(N)c(NCCN2CCCCCC2)c(F)c1Cl. The van der Waals surface area contributed by atoms with E-state index < -0.39 is 5.82 Å². The number of likely N-dealkylation sites (tertiary alicyclic amines) is 1. The van der Waals surface area contributed by atoms with Crippen LogP contribution in [-0.4, -0.2) is 31.1 Å². The second-order valence-corrected chi connectivity index (χ2v) is 5.62. The number of hydrogen-bond acceptors (Lipinski definition) is 4. The predicted molar refractivity (Wildman–Crippen MR) is 83.6 cm³/mol. The highest BCUT2D eigenvalue weighted by molar-refractivity contribution is 6.33. The molecule has 1 heterocycles. The van der Waals surface area contributed by atoms with Crippen molar-refractivity contribution in [2.24, 2.45) is 0 Å². The Hall–Kier alpha value is -1.20. The molecule has 1 aliphatic rings. The fraction of sp³-hybridized carbons (Fsp3) is 0.571. The standard InChI is InChI=1S/C14H22ClFN4/c15-12-10(17)9-11(18)14(13(12)16)19-5-8-20-6-3-1-2-4-7-20/h9,19H,1-8,17-18H2. The highest BCUT2D eigenvalue weighted by atomic mass is 35.5. The zero-order valence-corrected chi connectivity index (χ0v) is 12.3. The average Bonchev–Trinajstić information content (AvgIpc) is 2.69. The van der Waals surface area contributed by atoms with Crippen LogP contribution in [0, 0.1) is 5.82 Å². The Labute approximate surface area is 124 Å². The largest absolute Gasteiger partial charge is 0.397 e. The molecule has 0 saturated carbocycles. The van der Waals surface area contributed by atoms with Gasteiger partial charge in [-0.2, -0.15) is 0 Å². The van der Waals surface area contributed by atoms with E-state index >= 15 is 0 Å². The summed E-state index contributed by atoms with van der Waals surface area (Å²) in [7, 11) is 0. The van der Waals surface area contributed by atoms with E-state index in [1.165, 1.54) is 31.7 Å². The molecule has 6 heteroatoms.